The second-order valence-corrected chi connectivity index (χ2v) is 8.98. The molecule has 0 aromatic heterocycles. The standard InChI is InChI=1S/C20H31ClN2O2S/c21-18-5-6-20(17(13-18)14-23-9-11-26-12-10-23)25-16-19(24)15-22-7-3-1-2-4-8-22/h5-6,13,19,24H,1-4,7-12,14-16H2. The molecule has 4 nitrogen and oxygen atoms in total. The molecule has 1 aromatic carbocycles. The Morgan fingerprint density at radius 2 is 1.77 bits per heavy atom. The smallest absolute Gasteiger partial charge is 0.124 e. The van der Waals surface area contributed by atoms with E-state index in [4.69, 9.17) is 16.3 Å². The van der Waals surface area contributed by atoms with E-state index in [9.17, 15) is 5.11 Å². The van der Waals surface area contributed by atoms with E-state index >= 15 is 0 Å². The third kappa shape index (κ3) is 6.61. The number of aliphatic hydroxyl groups is 1. The first-order valence-electron chi connectivity index (χ1n) is 9.82. The molecule has 1 unspecified atom stereocenters. The maximum atomic E-state index is 10.4. The Bertz CT molecular complexity index is 547. The highest BCUT2D eigenvalue weighted by atomic mass is 35.5. The van der Waals surface area contributed by atoms with Gasteiger partial charge in [0.1, 0.15) is 18.5 Å². The summed E-state index contributed by atoms with van der Waals surface area (Å²) in [7, 11) is 0. The lowest BCUT2D eigenvalue weighted by molar-refractivity contribution is 0.0687. The molecule has 0 amide bonds. The minimum Gasteiger partial charge on any atom is -0.491 e. The van der Waals surface area contributed by atoms with Crippen molar-refractivity contribution in [1.82, 2.24) is 9.80 Å². The normalized spacial score (nSPS) is 21.3. The van der Waals surface area contributed by atoms with Crippen molar-refractivity contribution in [3.63, 3.8) is 0 Å². The van der Waals surface area contributed by atoms with E-state index < -0.39 is 6.10 Å². The molecule has 2 fully saturated rings. The first-order chi connectivity index (χ1) is 12.7. The lowest BCUT2D eigenvalue weighted by atomic mass is 10.2. The number of rotatable bonds is 7. The zero-order valence-corrected chi connectivity index (χ0v) is 17.1. The van der Waals surface area contributed by atoms with E-state index in [1.165, 1.54) is 37.2 Å². The molecule has 0 aliphatic carbocycles. The van der Waals surface area contributed by atoms with Crippen LogP contribution in [0.2, 0.25) is 5.02 Å². The van der Waals surface area contributed by atoms with E-state index in [-0.39, 0.29) is 0 Å². The molecule has 0 radical (unpaired) electrons. The van der Waals surface area contributed by atoms with Gasteiger partial charge in [-0.2, -0.15) is 11.8 Å². The van der Waals surface area contributed by atoms with Crippen LogP contribution in [0.15, 0.2) is 18.2 Å². The van der Waals surface area contributed by atoms with Crippen LogP contribution in [-0.2, 0) is 6.54 Å². The summed E-state index contributed by atoms with van der Waals surface area (Å²) in [5.41, 5.74) is 1.12. The van der Waals surface area contributed by atoms with Crippen molar-refractivity contribution in [3.05, 3.63) is 28.8 Å². The van der Waals surface area contributed by atoms with Crippen LogP contribution in [0.25, 0.3) is 0 Å². The molecule has 2 saturated heterocycles. The second-order valence-electron chi connectivity index (χ2n) is 7.32. The first kappa shape index (κ1) is 20.3. The van der Waals surface area contributed by atoms with Crippen molar-refractivity contribution in [2.75, 3.05) is 50.8 Å². The molecule has 1 aromatic rings. The van der Waals surface area contributed by atoms with Gasteiger partial charge >= 0.3 is 0 Å². The van der Waals surface area contributed by atoms with Crippen molar-refractivity contribution < 1.29 is 9.84 Å². The SMILES string of the molecule is OC(COc1ccc(Cl)cc1CN1CCSCC1)CN1CCCCCC1. The fraction of sp³-hybridized carbons (Fsp3) is 0.700. The van der Waals surface area contributed by atoms with Gasteiger partial charge in [-0.15, -0.1) is 0 Å². The average molecular weight is 399 g/mol. The number of hydrogen-bond donors (Lipinski definition) is 1. The number of halogens is 1. The number of hydrogen-bond acceptors (Lipinski definition) is 5. The highest BCUT2D eigenvalue weighted by Crippen LogP contribution is 2.25. The Labute approximate surface area is 166 Å². The fourth-order valence-electron chi connectivity index (χ4n) is 3.67. The maximum Gasteiger partial charge on any atom is 0.124 e. The lowest BCUT2D eigenvalue weighted by Gasteiger charge is -2.27. The summed E-state index contributed by atoms with van der Waals surface area (Å²) in [5, 5.41) is 11.2. The lowest BCUT2D eigenvalue weighted by Crippen LogP contribution is -2.36. The van der Waals surface area contributed by atoms with Gasteiger partial charge in [0.15, 0.2) is 0 Å². The number of aliphatic hydroxyl groups excluding tert-OH is 1. The highest BCUT2D eigenvalue weighted by molar-refractivity contribution is 7.99. The summed E-state index contributed by atoms with van der Waals surface area (Å²) in [6, 6.07) is 5.81. The van der Waals surface area contributed by atoms with Crippen LogP contribution in [0.5, 0.6) is 5.75 Å². The molecular weight excluding hydrogens is 368 g/mol. The molecule has 0 spiro atoms. The van der Waals surface area contributed by atoms with E-state index in [0.717, 1.165) is 49.1 Å². The quantitative estimate of drug-likeness (QED) is 0.760. The summed E-state index contributed by atoms with van der Waals surface area (Å²) < 4.78 is 6.00. The zero-order valence-electron chi connectivity index (χ0n) is 15.5. The molecule has 2 aliphatic rings. The molecular formula is C20H31ClN2O2S. The van der Waals surface area contributed by atoms with Gasteiger partial charge in [0.05, 0.1) is 0 Å². The Hall–Kier alpha value is -0.460. The predicted molar refractivity (Wildman–Crippen MR) is 110 cm³/mol. The van der Waals surface area contributed by atoms with Crippen LogP contribution >= 0.6 is 23.4 Å². The van der Waals surface area contributed by atoms with Crippen LogP contribution in [0.3, 0.4) is 0 Å². The Morgan fingerprint density at radius 3 is 2.50 bits per heavy atom. The Balaban J connectivity index is 1.52. The maximum absolute atomic E-state index is 10.4. The van der Waals surface area contributed by atoms with Crippen LogP contribution in [0.1, 0.15) is 31.2 Å². The monoisotopic (exact) mass is 398 g/mol. The van der Waals surface area contributed by atoms with Crippen LogP contribution in [-0.4, -0.2) is 71.8 Å². The summed E-state index contributed by atoms with van der Waals surface area (Å²) >= 11 is 8.22. The molecule has 146 valence electrons. The van der Waals surface area contributed by atoms with Crippen molar-refractivity contribution in [2.24, 2.45) is 0 Å². The van der Waals surface area contributed by atoms with Gasteiger partial charge in [-0.05, 0) is 44.1 Å². The summed E-state index contributed by atoms with van der Waals surface area (Å²) in [6.45, 7) is 6.29. The third-order valence-corrected chi connectivity index (χ3v) is 6.30. The van der Waals surface area contributed by atoms with Crippen molar-refractivity contribution in [3.8, 4) is 5.75 Å². The molecule has 6 heteroatoms. The van der Waals surface area contributed by atoms with Crippen LogP contribution in [0.4, 0.5) is 0 Å². The second kappa shape index (κ2) is 10.8. The summed E-state index contributed by atoms with van der Waals surface area (Å²) in [6.07, 6.45) is 4.65. The van der Waals surface area contributed by atoms with E-state index in [0.29, 0.717) is 13.2 Å². The molecule has 0 saturated carbocycles. The first-order valence-corrected chi connectivity index (χ1v) is 11.4. The van der Waals surface area contributed by atoms with Gasteiger partial charge in [0.25, 0.3) is 0 Å². The summed E-state index contributed by atoms with van der Waals surface area (Å²) in [4.78, 5) is 4.82. The molecule has 1 atom stereocenters. The molecule has 0 bridgehead atoms. The Morgan fingerprint density at radius 1 is 1.04 bits per heavy atom. The number of β-amino-alcohol motifs (C(OH)–C–C–N with tert-alkyl or cyclic N) is 1. The van der Waals surface area contributed by atoms with Gasteiger partial charge in [-0.25, -0.2) is 0 Å². The van der Waals surface area contributed by atoms with E-state index in [2.05, 4.69) is 9.80 Å². The van der Waals surface area contributed by atoms with Gasteiger partial charge in [-0.3, -0.25) is 4.90 Å². The largest absolute Gasteiger partial charge is 0.491 e. The number of benzene rings is 1. The van der Waals surface area contributed by atoms with Crippen LogP contribution in [0, 0.1) is 0 Å². The molecule has 3 rings (SSSR count). The van der Waals surface area contributed by atoms with E-state index in [1.54, 1.807) is 0 Å². The van der Waals surface area contributed by atoms with Crippen molar-refractivity contribution in [1.29, 1.82) is 0 Å². The number of likely N-dealkylation sites (tertiary alicyclic amines) is 1. The molecule has 2 heterocycles. The van der Waals surface area contributed by atoms with E-state index in [1.807, 2.05) is 30.0 Å². The number of thioether (sulfide) groups is 1. The van der Waals surface area contributed by atoms with Gasteiger partial charge < -0.3 is 14.7 Å². The topological polar surface area (TPSA) is 35.9 Å². The van der Waals surface area contributed by atoms with Gasteiger partial charge in [0, 0.05) is 48.3 Å². The fourth-order valence-corrected chi connectivity index (χ4v) is 4.84. The van der Waals surface area contributed by atoms with Crippen molar-refractivity contribution >= 4 is 23.4 Å². The third-order valence-electron chi connectivity index (χ3n) is 5.12. The molecule has 2 aliphatic heterocycles. The average Bonchev–Trinajstić information content (AvgIpc) is 2.90. The predicted octanol–water partition coefficient (Wildman–Crippen LogP) is 3.50. The molecule has 1 N–H and O–H groups in total. The Kier molecular flexibility index (Phi) is 8.40. The zero-order chi connectivity index (χ0) is 18.2. The number of nitrogens with zero attached hydrogens (tertiary/aromatic N) is 2. The molecule has 26 heavy (non-hydrogen) atoms. The van der Waals surface area contributed by atoms with Crippen molar-refractivity contribution in [2.45, 2.75) is 38.3 Å². The minimum atomic E-state index is -0.456. The van der Waals surface area contributed by atoms with Crippen LogP contribution < -0.4 is 4.74 Å². The summed E-state index contributed by atoms with van der Waals surface area (Å²) in [5.74, 6) is 3.22. The van der Waals surface area contributed by atoms with Gasteiger partial charge in [0.2, 0.25) is 0 Å². The highest BCUT2D eigenvalue weighted by Gasteiger charge is 2.17. The minimum absolute atomic E-state index is 0.334. The number of ether oxygens (including phenoxy) is 1. The van der Waals surface area contributed by atoms with Gasteiger partial charge in [-0.1, -0.05) is 24.4 Å².